The molecule has 2 N–H and O–H groups in total. The lowest BCUT2D eigenvalue weighted by atomic mass is 10.1. The number of unbranched alkanes of at least 4 members (excludes halogenated alkanes) is 1. The van der Waals surface area contributed by atoms with Crippen molar-refractivity contribution in [1.82, 2.24) is 5.32 Å². The van der Waals surface area contributed by atoms with Crippen LogP contribution in [0.4, 0.5) is 0 Å². The summed E-state index contributed by atoms with van der Waals surface area (Å²) in [6.07, 6.45) is 2.01. The monoisotopic (exact) mass is 377 g/mol. The van der Waals surface area contributed by atoms with Gasteiger partial charge in [-0.3, -0.25) is 4.79 Å². The van der Waals surface area contributed by atoms with Crippen LogP contribution in [0, 0.1) is 0 Å². The van der Waals surface area contributed by atoms with Gasteiger partial charge in [0.1, 0.15) is 11.8 Å². The quantitative estimate of drug-likeness (QED) is 0.728. The van der Waals surface area contributed by atoms with Crippen LogP contribution in [0.5, 0.6) is 5.75 Å². The maximum atomic E-state index is 11.7. The summed E-state index contributed by atoms with van der Waals surface area (Å²) in [6, 6.07) is 4.04. The molecule has 0 aliphatic carbocycles. The summed E-state index contributed by atoms with van der Waals surface area (Å²) in [4.78, 5) is 22.8. The number of carbonyl (C=O) groups excluding carboxylic acids is 1. The third-order valence-corrected chi connectivity index (χ3v) is 3.59. The number of nitrogens with one attached hydrogen (secondary N) is 1. The largest absolute Gasteiger partial charge is 0.483 e. The Kier molecular flexibility index (Phi) is 7.53. The van der Waals surface area contributed by atoms with Gasteiger partial charge in [0, 0.05) is 5.02 Å². The second-order valence-electron chi connectivity index (χ2n) is 4.46. The normalized spacial score (nSPS) is 11.8. The van der Waals surface area contributed by atoms with E-state index in [4.69, 9.17) is 21.4 Å². The van der Waals surface area contributed by atoms with Crippen molar-refractivity contribution in [3.8, 4) is 5.75 Å². The molecule has 0 aliphatic rings. The van der Waals surface area contributed by atoms with E-state index in [9.17, 15) is 9.59 Å². The molecule has 0 fully saturated rings. The van der Waals surface area contributed by atoms with Crippen molar-refractivity contribution in [1.29, 1.82) is 0 Å². The Balaban J connectivity index is 2.50. The van der Waals surface area contributed by atoms with Crippen LogP contribution in [-0.2, 0) is 9.59 Å². The highest BCUT2D eigenvalue weighted by Gasteiger charge is 2.19. The molecule has 7 heteroatoms. The van der Waals surface area contributed by atoms with Crippen LogP contribution in [0.1, 0.15) is 26.2 Å². The molecule has 0 saturated carbocycles. The van der Waals surface area contributed by atoms with E-state index in [-0.39, 0.29) is 6.61 Å². The van der Waals surface area contributed by atoms with Crippen molar-refractivity contribution >= 4 is 39.4 Å². The SMILES string of the molecule is CCCC[C@H](NC(=O)COc1ccc(Cl)cc1Br)C(=O)O. The number of hydrogen-bond acceptors (Lipinski definition) is 3. The molecule has 21 heavy (non-hydrogen) atoms. The summed E-state index contributed by atoms with van der Waals surface area (Å²) in [5, 5.41) is 12.0. The van der Waals surface area contributed by atoms with Crippen LogP contribution in [-0.4, -0.2) is 29.6 Å². The van der Waals surface area contributed by atoms with Gasteiger partial charge in [0.25, 0.3) is 5.91 Å². The third-order valence-electron chi connectivity index (χ3n) is 2.73. The van der Waals surface area contributed by atoms with Crippen molar-refractivity contribution < 1.29 is 19.4 Å². The minimum Gasteiger partial charge on any atom is -0.483 e. The number of hydrogen-bond donors (Lipinski definition) is 2. The van der Waals surface area contributed by atoms with Gasteiger partial charge in [0.15, 0.2) is 6.61 Å². The molecule has 0 aliphatic heterocycles. The summed E-state index contributed by atoms with van der Waals surface area (Å²) in [7, 11) is 0. The van der Waals surface area contributed by atoms with Gasteiger partial charge in [-0.25, -0.2) is 4.79 Å². The van der Waals surface area contributed by atoms with Crippen molar-refractivity contribution in [2.45, 2.75) is 32.2 Å². The molecule has 1 atom stereocenters. The molecule has 0 radical (unpaired) electrons. The number of carboxylic acid groups (broad SMARTS) is 1. The predicted molar refractivity (Wildman–Crippen MR) is 83.7 cm³/mol. The summed E-state index contributed by atoms with van der Waals surface area (Å²) >= 11 is 9.07. The molecule has 0 saturated heterocycles. The Hall–Kier alpha value is -1.27. The molecule has 0 bridgehead atoms. The Morgan fingerprint density at radius 3 is 2.76 bits per heavy atom. The number of carbonyl (C=O) groups is 2. The molecule has 5 nitrogen and oxygen atoms in total. The number of rotatable bonds is 8. The average Bonchev–Trinajstić information content (AvgIpc) is 2.42. The number of benzene rings is 1. The molecule has 0 heterocycles. The third kappa shape index (κ3) is 6.35. The molecule has 1 amide bonds. The van der Waals surface area contributed by atoms with E-state index in [2.05, 4.69) is 21.2 Å². The number of ether oxygens (including phenoxy) is 1. The number of aliphatic carboxylic acids is 1. The van der Waals surface area contributed by atoms with Crippen molar-refractivity contribution in [3.05, 3.63) is 27.7 Å². The first-order valence-corrected chi connectivity index (χ1v) is 7.71. The predicted octanol–water partition coefficient (Wildman–Crippen LogP) is 3.24. The van der Waals surface area contributed by atoms with Crippen molar-refractivity contribution in [2.75, 3.05) is 6.61 Å². The van der Waals surface area contributed by atoms with E-state index >= 15 is 0 Å². The summed E-state index contributed by atoms with van der Waals surface area (Å²) < 4.78 is 5.96. The molecule has 1 aromatic rings. The standard InChI is InChI=1S/C14H17BrClNO4/c1-2-3-4-11(14(19)20)17-13(18)8-21-12-6-5-9(16)7-10(12)15/h5-7,11H,2-4,8H2,1H3,(H,17,18)(H,19,20)/t11-/m0/s1. The van der Waals surface area contributed by atoms with Gasteiger partial charge in [-0.1, -0.05) is 31.4 Å². The van der Waals surface area contributed by atoms with E-state index in [1.165, 1.54) is 0 Å². The zero-order chi connectivity index (χ0) is 15.8. The minimum absolute atomic E-state index is 0.254. The summed E-state index contributed by atoms with van der Waals surface area (Å²) in [5.41, 5.74) is 0. The number of halogens is 2. The van der Waals surface area contributed by atoms with Gasteiger partial charge in [-0.05, 0) is 40.5 Å². The van der Waals surface area contributed by atoms with E-state index in [0.29, 0.717) is 21.7 Å². The van der Waals surface area contributed by atoms with Gasteiger partial charge < -0.3 is 15.2 Å². The highest BCUT2D eigenvalue weighted by molar-refractivity contribution is 9.10. The topological polar surface area (TPSA) is 75.6 Å². The first-order chi connectivity index (χ1) is 9.93. The highest BCUT2D eigenvalue weighted by Crippen LogP contribution is 2.27. The van der Waals surface area contributed by atoms with E-state index in [1.807, 2.05) is 6.92 Å². The zero-order valence-electron chi connectivity index (χ0n) is 11.6. The van der Waals surface area contributed by atoms with Crippen LogP contribution >= 0.6 is 27.5 Å². The van der Waals surface area contributed by atoms with Crippen LogP contribution in [0.3, 0.4) is 0 Å². The van der Waals surface area contributed by atoms with E-state index in [1.54, 1.807) is 18.2 Å². The highest BCUT2D eigenvalue weighted by atomic mass is 79.9. The second kappa shape index (κ2) is 8.89. The van der Waals surface area contributed by atoms with Crippen LogP contribution in [0.15, 0.2) is 22.7 Å². The van der Waals surface area contributed by atoms with Gasteiger partial charge in [-0.15, -0.1) is 0 Å². The summed E-state index contributed by atoms with van der Waals surface area (Å²) in [6.45, 7) is 1.71. The van der Waals surface area contributed by atoms with Gasteiger partial charge in [0.2, 0.25) is 0 Å². The molecule has 0 aromatic heterocycles. The van der Waals surface area contributed by atoms with Gasteiger partial charge >= 0.3 is 5.97 Å². The first kappa shape index (κ1) is 17.8. The molecule has 1 aromatic carbocycles. The van der Waals surface area contributed by atoms with Gasteiger partial charge in [-0.2, -0.15) is 0 Å². The molecule has 1 rings (SSSR count). The fraction of sp³-hybridized carbons (Fsp3) is 0.429. The maximum Gasteiger partial charge on any atom is 0.326 e. The zero-order valence-corrected chi connectivity index (χ0v) is 13.9. The van der Waals surface area contributed by atoms with E-state index < -0.39 is 17.9 Å². The van der Waals surface area contributed by atoms with Crippen molar-refractivity contribution in [2.24, 2.45) is 0 Å². The lowest BCUT2D eigenvalue weighted by molar-refractivity contribution is -0.142. The molecular formula is C14H17BrClNO4. The average molecular weight is 379 g/mol. The van der Waals surface area contributed by atoms with E-state index in [0.717, 1.165) is 12.8 Å². The van der Waals surface area contributed by atoms with Crippen LogP contribution < -0.4 is 10.1 Å². The lowest BCUT2D eigenvalue weighted by Crippen LogP contribution is -2.42. The van der Waals surface area contributed by atoms with Crippen molar-refractivity contribution in [3.63, 3.8) is 0 Å². The maximum absolute atomic E-state index is 11.7. The molecule has 0 unspecified atom stereocenters. The fourth-order valence-electron chi connectivity index (χ4n) is 1.64. The minimum atomic E-state index is -1.04. The number of carboxylic acids is 1. The Morgan fingerprint density at radius 1 is 1.48 bits per heavy atom. The Labute approximate surface area is 136 Å². The molecule has 116 valence electrons. The van der Waals surface area contributed by atoms with Crippen LogP contribution in [0.25, 0.3) is 0 Å². The van der Waals surface area contributed by atoms with Gasteiger partial charge in [0.05, 0.1) is 4.47 Å². The molecule has 0 spiro atoms. The second-order valence-corrected chi connectivity index (χ2v) is 5.75. The Morgan fingerprint density at radius 2 is 2.19 bits per heavy atom. The summed E-state index contributed by atoms with van der Waals surface area (Å²) in [5.74, 6) is -1.04. The fourth-order valence-corrected chi connectivity index (χ4v) is 2.43. The molecular weight excluding hydrogens is 362 g/mol. The first-order valence-electron chi connectivity index (χ1n) is 6.54. The lowest BCUT2D eigenvalue weighted by Gasteiger charge is -2.14. The smallest absolute Gasteiger partial charge is 0.326 e. The Bertz CT molecular complexity index is 510. The number of amides is 1. The van der Waals surface area contributed by atoms with Crippen LogP contribution in [0.2, 0.25) is 5.02 Å².